The van der Waals surface area contributed by atoms with Crippen molar-refractivity contribution in [1.29, 1.82) is 0 Å². The van der Waals surface area contributed by atoms with Crippen LogP contribution in [0.5, 0.6) is 5.75 Å². The molecule has 1 aliphatic rings. The molecule has 2 nitrogen and oxygen atoms in total. The van der Waals surface area contributed by atoms with Crippen LogP contribution in [0.1, 0.15) is 18.5 Å². The van der Waals surface area contributed by atoms with Gasteiger partial charge in [0.1, 0.15) is 5.75 Å². The number of fused-ring (bicyclic) bond motifs is 3. The molecule has 2 heteroatoms. The molecule has 1 unspecified atom stereocenters. The minimum Gasteiger partial charge on any atom is -0.497 e. The van der Waals surface area contributed by atoms with Crippen LogP contribution in [0.4, 0.5) is 5.69 Å². The molecule has 0 fully saturated rings. The fourth-order valence-electron chi connectivity index (χ4n) is 2.43. The van der Waals surface area contributed by atoms with Crippen LogP contribution < -0.4 is 10.1 Å². The van der Waals surface area contributed by atoms with Gasteiger partial charge in [0.2, 0.25) is 0 Å². The molecule has 0 saturated heterocycles. The third-order valence-electron chi connectivity index (χ3n) is 3.31. The van der Waals surface area contributed by atoms with Gasteiger partial charge in [0.05, 0.1) is 7.11 Å². The summed E-state index contributed by atoms with van der Waals surface area (Å²) in [7, 11) is 1.70. The van der Waals surface area contributed by atoms with E-state index in [0.29, 0.717) is 6.04 Å². The number of anilines is 1. The third kappa shape index (κ3) is 1.57. The number of hydrogen-bond donors (Lipinski definition) is 1. The lowest BCUT2D eigenvalue weighted by atomic mass is 9.90. The molecule has 0 aromatic heterocycles. The van der Waals surface area contributed by atoms with Gasteiger partial charge < -0.3 is 10.1 Å². The van der Waals surface area contributed by atoms with Gasteiger partial charge in [-0.1, -0.05) is 24.3 Å². The van der Waals surface area contributed by atoms with Crippen LogP contribution in [0, 0.1) is 0 Å². The van der Waals surface area contributed by atoms with Gasteiger partial charge in [-0.3, -0.25) is 0 Å². The number of methoxy groups -OCH3 is 1. The van der Waals surface area contributed by atoms with Crippen molar-refractivity contribution in [3.63, 3.8) is 0 Å². The highest BCUT2D eigenvalue weighted by Gasteiger charge is 2.20. The van der Waals surface area contributed by atoms with Gasteiger partial charge in [-0.2, -0.15) is 0 Å². The van der Waals surface area contributed by atoms with E-state index >= 15 is 0 Å². The van der Waals surface area contributed by atoms with Crippen molar-refractivity contribution in [1.82, 2.24) is 0 Å². The van der Waals surface area contributed by atoms with Gasteiger partial charge in [0.25, 0.3) is 0 Å². The van der Waals surface area contributed by atoms with E-state index in [-0.39, 0.29) is 0 Å². The van der Waals surface area contributed by atoms with E-state index in [1.54, 1.807) is 7.11 Å². The van der Waals surface area contributed by atoms with Crippen molar-refractivity contribution in [2.24, 2.45) is 0 Å². The van der Waals surface area contributed by atoms with Gasteiger partial charge in [-0.15, -0.1) is 0 Å². The molecule has 0 amide bonds. The summed E-state index contributed by atoms with van der Waals surface area (Å²) in [5.74, 6) is 0.914. The molecule has 3 rings (SSSR count). The molecule has 17 heavy (non-hydrogen) atoms. The van der Waals surface area contributed by atoms with Crippen LogP contribution in [0.25, 0.3) is 11.1 Å². The van der Waals surface area contributed by atoms with Crippen molar-refractivity contribution in [3.05, 3.63) is 48.0 Å². The Labute approximate surface area is 101 Å². The Hall–Kier alpha value is -1.96. The smallest absolute Gasteiger partial charge is 0.119 e. The molecule has 1 N–H and O–H groups in total. The van der Waals surface area contributed by atoms with Gasteiger partial charge in [-0.25, -0.2) is 0 Å². The van der Waals surface area contributed by atoms with E-state index in [0.717, 1.165) is 5.75 Å². The summed E-state index contributed by atoms with van der Waals surface area (Å²) in [6.45, 7) is 2.17. The molecule has 0 radical (unpaired) electrons. The van der Waals surface area contributed by atoms with E-state index in [4.69, 9.17) is 4.74 Å². The average Bonchev–Trinajstić information content (AvgIpc) is 2.38. The zero-order valence-corrected chi connectivity index (χ0v) is 10.0. The maximum absolute atomic E-state index is 5.29. The van der Waals surface area contributed by atoms with Crippen molar-refractivity contribution in [2.75, 3.05) is 12.4 Å². The quantitative estimate of drug-likeness (QED) is 0.796. The molecule has 0 bridgehead atoms. The Morgan fingerprint density at radius 1 is 1.06 bits per heavy atom. The number of para-hydroxylation sites is 1. The highest BCUT2D eigenvalue weighted by atomic mass is 16.5. The minimum atomic E-state index is 0.315. The Morgan fingerprint density at radius 3 is 2.71 bits per heavy atom. The number of rotatable bonds is 1. The van der Waals surface area contributed by atoms with E-state index in [2.05, 4.69) is 48.6 Å². The van der Waals surface area contributed by atoms with Crippen molar-refractivity contribution in [2.45, 2.75) is 13.0 Å². The topological polar surface area (TPSA) is 21.3 Å². The Morgan fingerprint density at radius 2 is 1.88 bits per heavy atom. The van der Waals surface area contributed by atoms with Crippen LogP contribution in [-0.4, -0.2) is 7.11 Å². The standard InChI is InChI=1S/C15H15NO/c1-10-14-9-11(17-2)7-8-12(14)13-5-3-4-6-15(13)16-10/h3-10,16H,1-2H3. The normalized spacial score (nSPS) is 16.7. The van der Waals surface area contributed by atoms with Crippen molar-refractivity contribution < 1.29 is 4.74 Å². The summed E-state index contributed by atoms with van der Waals surface area (Å²) in [5, 5.41) is 3.51. The summed E-state index contributed by atoms with van der Waals surface area (Å²) in [6, 6.07) is 15.0. The Kier molecular flexibility index (Phi) is 2.29. The summed E-state index contributed by atoms with van der Waals surface area (Å²) >= 11 is 0. The lowest BCUT2D eigenvalue weighted by Crippen LogP contribution is -2.13. The summed E-state index contributed by atoms with van der Waals surface area (Å²) in [5.41, 5.74) is 5.07. The van der Waals surface area contributed by atoms with Crippen molar-refractivity contribution >= 4 is 5.69 Å². The second-order valence-corrected chi connectivity index (χ2v) is 4.36. The lowest BCUT2D eigenvalue weighted by Gasteiger charge is -2.27. The summed E-state index contributed by atoms with van der Waals surface area (Å²) < 4.78 is 5.29. The largest absolute Gasteiger partial charge is 0.497 e. The molecule has 0 spiro atoms. The van der Waals surface area contributed by atoms with E-state index in [9.17, 15) is 0 Å². The molecule has 2 aromatic rings. The molecule has 1 atom stereocenters. The SMILES string of the molecule is COc1ccc2c(c1)C(C)Nc1ccccc1-2. The number of benzene rings is 2. The molecule has 0 aliphatic carbocycles. The lowest BCUT2D eigenvalue weighted by molar-refractivity contribution is 0.414. The Balaban J connectivity index is 2.22. The second-order valence-electron chi connectivity index (χ2n) is 4.36. The van der Waals surface area contributed by atoms with Crippen LogP contribution in [-0.2, 0) is 0 Å². The van der Waals surface area contributed by atoms with E-state index < -0.39 is 0 Å². The molecule has 0 saturated carbocycles. The first-order chi connectivity index (χ1) is 8.29. The van der Waals surface area contributed by atoms with E-state index in [1.165, 1.54) is 22.4 Å². The summed E-state index contributed by atoms with van der Waals surface area (Å²) in [6.07, 6.45) is 0. The maximum Gasteiger partial charge on any atom is 0.119 e. The number of nitrogens with one attached hydrogen (secondary N) is 1. The van der Waals surface area contributed by atoms with Crippen molar-refractivity contribution in [3.8, 4) is 16.9 Å². The maximum atomic E-state index is 5.29. The first-order valence-corrected chi connectivity index (χ1v) is 5.83. The zero-order chi connectivity index (χ0) is 11.8. The monoisotopic (exact) mass is 225 g/mol. The average molecular weight is 225 g/mol. The van der Waals surface area contributed by atoms with Gasteiger partial charge in [0.15, 0.2) is 0 Å². The number of ether oxygens (including phenoxy) is 1. The molecular formula is C15H15NO. The first-order valence-electron chi connectivity index (χ1n) is 5.83. The number of hydrogen-bond acceptors (Lipinski definition) is 2. The van der Waals surface area contributed by atoms with Gasteiger partial charge >= 0.3 is 0 Å². The van der Waals surface area contributed by atoms with E-state index in [1.807, 2.05) is 6.07 Å². The Bertz CT molecular complexity index is 563. The fraction of sp³-hybridized carbons (Fsp3) is 0.200. The third-order valence-corrected chi connectivity index (χ3v) is 3.31. The van der Waals surface area contributed by atoms with Crippen LogP contribution in [0.15, 0.2) is 42.5 Å². The highest BCUT2D eigenvalue weighted by Crippen LogP contribution is 2.41. The zero-order valence-electron chi connectivity index (χ0n) is 10.0. The molecule has 2 aromatic carbocycles. The van der Waals surface area contributed by atoms with Gasteiger partial charge in [-0.05, 0) is 36.2 Å². The predicted octanol–water partition coefficient (Wildman–Crippen LogP) is 3.85. The molecule has 86 valence electrons. The predicted molar refractivity (Wildman–Crippen MR) is 70.5 cm³/mol. The first kappa shape index (κ1) is 10.2. The summed E-state index contributed by atoms with van der Waals surface area (Å²) in [4.78, 5) is 0. The molecule has 1 aliphatic heterocycles. The minimum absolute atomic E-state index is 0.315. The fourth-order valence-corrected chi connectivity index (χ4v) is 2.43. The molecule has 1 heterocycles. The molecular weight excluding hydrogens is 210 g/mol. The highest BCUT2D eigenvalue weighted by molar-refractivity contribution is 5.84. The second kappa shape index (κ2) is 3.81. The van der Waals surface area contributed by atoms with Crippen LogP contribution in [0.3, 0.4) is 0 Å². The van der Waals surface area contributed by atoms with Gasteiger partial charge in [0, 0.05) is 17.3 Å². The van der Waals surface area contributed by atoms with Crippen LogP contribution in [0.2, 0.25) is 0 Å². The van der Waals surface area contributed by atoms with Crippen LogP contribution >= 0.6 is 0 Å².